The van der Waals surface area contributed by atoms with E-state index in [1.807, 2.05) is 77.9 Å². The summed E-state index contributed by atoms with van der Waals surface area (Å²) in [6.45, 7) is 10.9. The molecule has 2 aromatic rings. The molecule has 0 aliphatic carbocycles. The first-order valence-corrected chi connectivity index (χ1v) is 10.7. The Hall–Kier alpha value is -2.63. The zero-order chi connectivity index (χ0) is 24.9. The quantitative estimate of drug-likeness (QED) is 0.310. The molecule has 6 heteroatoms. The zero-order valence-corrected chi connectivity index (χ0v) is 21.1. The van der Waals surface area contributed by atoms with Crippen molar-refractivity contribution in [1.82, 2.24) is 0 Å². The number of allylic oxidation sites excluding steroid dienone is 2. The number of ketones is 2. The van der Waals surface area contributed by atoms with Crippen LogP contribution in [0.4, 0.5) is 0 Å². The number of carbonyl (C=O) groups is 2. The van der Waals surface area contributed by atoms with Crippen LogP contribution >= 0.6 is 0 Å². The van der Waals surface area contributed by atoms with Gasteiger partial charge in [0.1, 0.15) is 11.5 Å². The van der Waals surface area contributed by atoms with Crippen LogP contribution < -0.4 is 0 Å². The standard InChI is InChI=1S/2C13H16O2.O.Ti/c2*1-13(2,3)12(15)9-11(14)10-7-5-4-6-8-10;;/h2*4-9,14H,1-3H3;;/b2*11-9-;;. The van der Waals surface area contributed by atoms with Crippen LogP contribution in [-0.2, 0) is 33.3 Å². The summed E-state index contributed by atoms with van der Waals surface area (Å²) in [5.74, 6) is -0.112. The van der Waals surface area contributed by atoms with E-state index in [-0.39, 0.29) is 23.1 Å². The third-order valence-electron chi connectivity index (χ3n) is 4.15. The van der Waals surface area contributed by atoms with Gasteiger partial charge in [-0.3, -0.25) is 9.59 Å². The summed E-state index contributed by atoms with van der Waals surface area (Å²) in [7, 11) is 0. The SMILES string of the molecule is CC(C)(C)C(=O)/C=C(\O)c1ccccc1.CC(C)(C)C(=O)/C=C(\O)c1ccccc1.[O]=[Ti]. The normalized spacial score (nSPS) is 11.9. The average molecular weight is 472 g/mol. The minimum atomic E-state index is -0.456. The van der Waals surface area contributed by atoms with Crippen LogP contribution in [0.5, 0.6) is 0 Å². The zero-order valence-electron chi connectivity index (χ0n) is 19.5. The molecule has 0 amide bonds. The van der Waals surface area contributed by atoms with E-state index >= 15 is 0 Å². The van der Waals surface area contributed by atoms with Crippen molar-refractivity contribution in [2.24, 2.45) is 10.8 Å². The molecule has 0 unspecified atom stereocenters. The third-order valence-corrected chi connectivity index (χ3v) is 4.15. The van der Waals surface area contributed by atoms with Gasteiger partial charge in [0.2, 0.25) is 0 Å². The van der Waals surface area contributed by atoms with E-state index in [1.54, 1.807) is 24.3 Å². The first kappa shape index (κ1) is 29.4. The van der Waals surface area contributed by atoms with Gasteiger partial charge in [0.15, 0.2) is 11.6 Å². The molecule has 0 spiro atoms. The predicted molar refractivity (Wildman–Crippen MR) is 124 cm³/mol. The van der Waals surface area contributed by atoms with Crippen molar-refractivity contribution < 1.29 is 43.5 Å². The fraction of sp³-hybridized carbons (Fsp3) is 0.308. The van der Waals surface area contributed by atoms with Crippen molar-refractivity contribution in [2.75, 3.05) is 0 Å². The molecular weight excluding hydrogens is 440 g/mol. The molecule has 0 heterocycles. The predicted octanol–water partition coefficient (Wildman–Crippen LogP) is 6.28. The number of benzene rings is 2. The van der Waals surface area contributed by atoms with E-state index < -0.39 is 10.8 Å². The van der Waals surface area contributed by atoms with Crippen molar-refractivity contribution in [1.29, 1.82) is 0 Å². The van der Waals surface area contributed by atoms with Crippen LogP contribution in [0, 0.1) is 10.8 Å². The molecule has 0 atom stereocenters. The van der Waals surface area contributed by atoms with Crippen LogP contribution in [0.1, 0.15) is 52.7 Å². The molecule has 2 aromatic carbocycles. The molecule has 170 valence electrons. The molecule has 0 aromatic heterocycles. The summed E-state index contributed by atoms with van der Waals surface area (Å²) in [6.07, 6.45) is 2.57. The number of hydrogen-bond donors (Lipinski definition) is 2. The summed E-state index contributed by atoms with van der Waals surface area (Å²) < 4.78 is 8.25. The molecule has 0 fully saturated rings. The van der Waals surface area contributed by atoms with Crippen molar-refractivity contribution in [3.05, 3.63) is 83.9 Å². The van der Waals surface area contributed by atoms with E-state index in [0.717, 1.165) is 20.4 Å². The summed E-state index contributed by atoms with van der Waals surface area (Å²) in [5.41, 5.74) is 0.413. The Morgan fingerprint density at radius 3 is 1.09 bits per heavy atom. The summed E-state index contributed by atoms with van der Waals surface area (Å²) in [4.78, 5) is 23.2. The van der Waals surface area contributed by atoms with Gasteiger partial charge in [-0.1, -0.05) is 102 Å². The number of aliphatic hydroxyl groups excluding tert-OH is 2. The van der Waals surface area contributed by atoms with E-state index in [4.69, 9.17) is 3.32 Å². The second kappa shape index (κ2) is 13.7. The Bertz CT molecular complexity index is 841. The minimum absolute atomic E-state index is 0.0236. The Kier molecular flexibility index (Phi) is 12.6. The molecule has 0 aliphatic heterocycles. The van der Waals surface area contributed by atoms with Gasteiger partial charge in [-0.15, -0.1) is 0 Å². The van der Waals surface area contributed by atoms with Gasteiger partial charge < -0.3 is 10.2 Å². The molecule has 2 N–H and O–H groups in total. The van der Waals surface area contributed by atoms with E-state index in [1.165, 1.54) is 12.2 Å². The molecule has 0 bridgehead atoms. The molecule has 5 nitrogen and oxygen atoms in total. The molecule has 0 radical (unpaired) electrons. The summed E-state index contributed by atoms with van der Waals surface area (Å²) in [6, 6.07) is 18.1. The van der Waals surface area contributed by atoms with E-state index in [0.29, 0.717) is 11.1 Å². The van der Waals surface area contributed by atoms with Gasteiger partial charge >= 0.3 is 23.7 Å². The topological polar surface area (TPSA) is 91.7 Å². The maximum atomic E-state index is 11.6. The fourth-order valence-electron chi connectivity index (χ4n) is 2.07. The number of rotatable bonds is 4. The average Bonchev–Trinajstić information content (AvgIpc) is 2.75. The Balaban J connectivity index is 0.000000557. The van der Waals surface area contributed by atoms with Gasteiger partial charge in [-0.05, 0) is 0 Å². The number of hydrogen-bond acceptors (Lipinski definition) is 5. The first-order valence-electron chi connectivity index (χ1n) is 10.0. The van der Waals surface area contributed by atoms with Crippen LogP contribution in [0.15, 0.2) is 72.8 Å². The van der Waals surface area contributed by atoms with Gasteiger partial charge in [0.05, 0.1) is 0 Å². The first-order chi connectivity index (χ1) is 14.8. The van der Waals surface area contributed by atoms with Crippen LogP contribution in [0.3, 0.4) is 0 Å². The third kappa shape index (κ3) is 11.1. The van der Waals surface area contributed by atoms with Crippen molar-refractivity contribution in [3.8, 4) is 0 Å². The molecule has 0 aliphatic rings. The summed E-state index contributed by atoms with van der Waals surface area (Å²) in [5, 5.41) is 19.4. The monoisotopic (exact) mass is 472 g/mol. The van der Waals surface area contributed by atoms with Crippen LogP contribution in [0.2, 0.25) is 0 Å². The second-order valence-corrected chi connectivity index (χ2v) is 9.02. The summed E-state index contributed by atoms with van der Waals surface area (Å²) >= 11 is 0.750. The van der Waals surface area contributed by atoms with E-state index in [9.17, 15) is 19.8 Å². The van der Waals surface area contributed by atoms with Crippen molar-refractivity contribution in [2.45, 2.75) is 41.5 Å². The maximum absolute atomic E-state index is 11.6. The molecule has 32 heavy (non-hydrogen) atoms. The molecule has 0 saturated carbocycles. The molecule has 0 saturated heterocycles. The van der Waals surface area contributed by atoms with Crippen LogP contribution in [-0.4, -0.2) is 21.8 Å². The van der Waals surface area contributed by atoms with Gasteiger partial charge in [0, 0.05) is 34.1 Å². The van der Waals surface area contributed by atoms with E-state index in [2.05, 4.69) is 0 Å². The van der Waals surface area contributed by atoms with Gasteiger partial charge in [-0.2, -0.15) is 0 Å². The van der Waals surface area contributed by atoms with Gasteiger partial charge in [0.25, 0.3) is 0 Å². The number of carbonyl (C=O) groups excluding carboxylic acids is 2. The fourth-order valence-corrected chi connectivity index (χ4v) is 2.07. The van der Waals surface area contributed by atoms with Crippen LogP contribution in [0.25, 0.3) is 11.5 Å². The number of aliphatic hydroxyl groups is 2. The second-order valence-electron chi connectivity index (χ2n) is 9.02. The molecular formula is C26H32O5Ti. The molecule has 2 rings (SSSR count). The Morgan fingerprint density at radius 2 is 0.875 bits per heavy atom. The van der Waals surface area contributed by atoms with Gasteiger partial charge in [-0.25, -0.2) is 0 Å². The Labute approximate surface area is 202 Å². The van der Waals surface area contributed by atoms with Crippen molar-refractivity contribution >= 4 is 23.1 Å². The van der Waals surface area contributed by atoms with Crippen molar-refractivity contribution in [3.63, 3.8) is 0 Å². The Morgan fingerprint density at radius 1 is 0.625 bits per heavy atom.